The Bertz CT molecular complexity index is 1140. The molecule has 0 aliphatic rings. The number of nitriles is 2. The van der Waals surface area contributed by atoms with Gasteiger partial charge in [-0.05, 0) is 18.6 Å². The summed E-state index contributed by atoms with van der Waals surface area (Å²) in [6.45, 7) is 2.06. The van der Waals surface area contributed by atoms with Crippen molar-refractivity contribution in [1.29, 1.82) is 10.5 Å². The largest absolute Gasteiger partial charge is 0.305 e. The molecule has 0 aliphatic carbocycles. The molecule has 0 fully saturated rings. The molecule has 0 amide bonds. The molecule has 0 bridgehead atoms. The first kappa shape index (κ1) is 17.8. The number of Topliss-reactive ketones (excluding diaryl/α,β-unsaturated/α-hetero) is 1. The Kier molecular flexibility index (Phi) is 4.96. The second-order valence-electron chi connectivity index (χ2n) is 6.01. The summed E-state index contributed by atoms with van der Waals surface area (Å²) in [5.74, 6) is -0.312. The third kappa shape index (κ3) is 3.68. The van der Waals surface area contributed by atoms with Gasteiger partial charge in [-0.1, -0.05) is 30.3 Å². The Balaban J connectivity index is 1.87. The van der Waals surface area contributed by atoms with Crippen LogP contribution in [0.2, 0.25) is 0 Å². The maximum absolute atomic E-state index is 12.7. The first-order valence-corrected chi connectivity index (χ1v) is 8.17. The van der Waals surface area contributed by atoms with Crippen molar-refractivity contribution in [2.75, 3.05) is 0 Å². The van der Waals surface area contributed by atoms with Crippen LogP contribution in [0.3, 0.4) is 0 Å². The van der Waals surface area contributed by atoms with E-state index in [2.05, 4.69) is 5.10 Å². The van der Waals surface area contributed by atoms with Gasteiger partial charge in [-0.25, -0.2) is 0 Å². The van der Waals surface area contributed by atoms with Crippen LogP contribution in [0.25, 0.3) is 0 Å². The van der Waals surface area contributed by atoms with E-state index in [9.17, 15) is 9.59 Å². The molecular weight excluding hydrogens is 342 g/mol. The fourth-order valence-electron chi connectivity index (χ4n) is 2.77. The monoisotopic (exact) mass is 357 g/mol. The summed E-state index contributed by atoms with van der Waals surface area (Å²) in [4.78, 5) is 24.9. The molecule has 1 aromatic carbocycles. The summed E-state index contributed by atoms with van der Waals surface area (Å²) in [6.07, 6.45) is 2.76. The first-order valence-electron chi connectivity index (χ1n) is 8.17. The van der Waals surface area contributed by atoms with Crippen LogP contribution < -0.4 is 5.56 Å². The molecule has 0 saturated carbocycles. The van der Waals surface area contributed by atoms with E-state index < -0.39 is 5.56 Å². The Hall–Kier alpha value is -3.97. The van der Waals surface area contributed by atoms with E-state index in [1.165, 1.54) is 18.5 Å². The average molecular weight is 357 g/mol. The van der Waals surface area contributed by atoms with Gasteiger partial charge in [-0.3, -0.25) is 14.3 Å². The molecule has 0 spiro atoms. The Morgan fingerprint density at radius 2 is 1.93 bits per heavy atom. The van der Waals surface area contributed by atoms with Gasteiger partial charge >= 0.3 is 0 Å². The third-order valence-corrected chi connectivity index (χ3v) is 4.23. The first-order chi connectivity index (χ1) is 13.0. The van der Waals surface area contributed by atoms with Gasteiger partial charge in [0.25, 0.3) is 5.56 Å². The van der Waals surface area contributed by atoms with E-state index >= 15 is 0 Å². The van der Waals surface area contributed by atoms with Crippen molar-refractivity contribution in [1.82, 2.24) is 14.3 Å². The van der Waals surface area contributed by atoms with Gasteiger partial charge < -0.3 is 4.57 Å². The fourth-order valence-corrected chi connectivity index (χ4v) is 2.77. The molecule has 132 valence electrons. The van der Waals surface area contributed by atoms with Crippen LogP contribution in [0.1, 0.15) is 32.7 Å². The molecule has 2 heterocycles. The highest BCUT2D eigenvalue weighted by Crippen LogP contribution is 2.12. The highest BCUT2D eigenvalue weighted by atomic mass is 16.1. The molecule has 2 aromatic heterocycles. The molecule has 0 atom stereocenters. The van der Waals surface area contributed by atoms with Crippen LogP contribution in [0.15, 0.2) is 53.6 Å². The molecule has 3 rings (SSSR count). The van der Waals surface area contributed by atoms with Crippen molar-refractivity contribution in [2.45, 2.75) is 20.0 Å². The van der Waals surface area contributed by atoms with Crippen LogP contribution in [0.5, 0.6) is 0 Å². The number of ketones is 1. The quantitative estimate of drug-likeness (QED) is 0.650. The van der Waals surface area contributed by atoms with Gasteiger partial charge in [0.05, 0.1) is 30.4 Å². The number of aromatic nitrogens is 3. The van der Waals surface area contributed by atoms with E-state index in [1.807, 2.05) is 36.4 Å². The van der Waals surface area contributed by atoms with Crippen molar-refractivity contribution < 1.29 is 4.79 Å². The second kappa shape index (κ2) is 7.51. The van der Waals surface area contributed by atoms with Crippen LogP contribution in [-0.4, -0.2) is 20.1 Å². The van der Waals surface area contributed by atoms with Gasteiger partial charge in [0.2, 0.25) is 0 Å². The maximum atomic E-state index is 12.7. The van der Waals surface area contributed by atoms with Gasteiger partial charge in [-0.15, -0.1) is 0 Å². The molecule has 7 nitrogen and oxygen atoms in total. The predicted octanol–water partition coefficient (Wildman–Crippen LogP) is 2.03. The molecule has 0 N–H and O–H groups in total. The topological polar surface area (TPSA) is 104 Å². The number of nitrogens with zero attached hydrogens (tertiary/aromatic N) is 5. The summed E-state index contributed by atoms with van der Waals surface area (Å²) in [7, 11) is 0. The minimum atomic E-state index is -0.598. The predicted molar refractivity (Wildman–Crippen MR) is 97.0 cm³/mol. The van der Waals surface area contributed by atoms with Gasteiger partial charge in [0, 0.05) is 11.9 Å². The lowest BCUT2D eigenvalue weighted by atomic mass is 10.1. The highest BCUT2D eigenvalue weighted by Gasteiger charge is 2.17. The average Bonchev–Trinajstić information content (AvgIpc) is 3.04. The van der Waals surface area contributed by atoms with E-state index in [-0.39, 0.29) is 23.5 Å². The Morgan fingerprint density at radius 1 is 1.19 bits per heavy atom. The molecule has 7 heteroatoms. The highest BCUT2D eigenvalue weighted by molar-refractivity contribution is 5.96. The fraction of sp³-hybridized carbons (Fsp3) is 0.150. The Labute approximate surface area is 155 Å². The molecule has 0 aliphatic heterocycles. The number of benzene rings is 1. The van der Waals surface area contributed by atoms with Gasteiger partial charge in [0.1, 0.15) is 17.7 Å². The van der Waals surface area contributed by atoms with Gasteiger partial charge in [0.15, 0.2) is 5.78 Å². The number of carbonyl (C=O) groups is 1. The van der Waals surface area contributed by atoms with Crippen molar-refractivity contribution in [3.05, 3.63) is 87.1 Å². The van der Waals surface area contributed by atoms with Crippen molar-refractivity contribution in [3.8, 4) is 12.1 Å². The van der Waals surface area contributed by atoms with Crippen LogP contribution in [0, 0.1) is 29.6 Å². The standard InChI is InChI=1S/C20H15N5O2/c1-14-18(10-23-25(14)12-15-5-3-2-4-6-15)19(26)13-24-11-16(8-21)7-17(9-22)20(24)27/h2-7,10-11H,12-13H2,1H3. The van der Waals surface area contributed by atoms with Crippen LogP contribution >= 0.6 is 0 Å². The lowest BCUT2D eigenvalue weighted by Gasteiger charge is -2.07. The summed E-state index contributed by atoms with van der Waals surface area (Å²) in [6, 6.07) is 14.6. The van der Waals surface area contributed by atoms with Crippen molar-refractivity contribution in [3.63, 3.8) is 0 Å². The zero-order chi connectivity index (χ0) is 19.4. The minimum Gasteiger partial charge on any atom is -0.305 e. The lowest BCUT2D eigenvalue weighted by Crippen LogP contribution is -2.26. The molecule has 0 unspecified atom stereocenters. The molecular formula is C20H15N5O2. The summed E-state index contributed by atoms with van der Waals surface area (Å²) in [5, 5.41) is 22.3. The van der Waals surface area contributed by atoms with E-state index in [0.717, 1.165) is 10.1 Å². The SMILES string of the molecule is Cc1c(C(=O)Cn2cc(C#N)cc(C#N)c2=O)cnn1Cc1ccccc1. The zero-order valence-corrected chi connectivity index (χ0v) is 14.6. The van der Waals surface area contributed by atoms with E-state index in [0.29, 0.717) is 17.8 Å². The minimum absolute atomic E-state index is 0.149. The summed E-state index contributed by atoms with van der Waals surface area (Å²) >= 11 is 0. The number of hydrogen-bond donors (Lipinski definition) is 0. The number of carbonyl (C=O) groups excluding carboxylic acids is 1. The van der Waals surface area contributed by atoms with Crippen LogP contribution in [-0.2, 0) is 13.1 Å². The number of rotatable bonds is 5. The maximum Gasteiger partial charge on any atom is 0.268 e. The van der Waals surface area contributed by atoms with E-state index in [1.54, 1.807) is 17.7 Å². The third-order valence-electron chi connectivity index (χ3n) is 4.23. The zero-order valence-electron chi connectivity index (χ0n) is 14.6. The second-order valence-corrected chi connectivity index (χ2v) is 6.01. The number of pyridine rings is 1. The summed E-state index contributed by atoms with van der Waals surface area (Å²) < 4.78 is 2.81. The smallest absolute Gasteiger partial charge is 0.268 e. The molecule has 0 saturated heterocycles. The van der Waals surface area contributed by atoms with Crippen LogP contribution in [0.4, 0.5) is 0 Å². The van der Waals surface area contributed by atoms with Gasteiger partial charge in [-0.2, -0.15) is 15.6 Å². The summed E-state index contributed by atoms with van der Waals surface area (Å²) in [5.41, 5.74) is 1.53. The molecule has 27 heavy (non-hydrogen) atoms. The number of hydrogen-bond acceptors (Lipinski definition) is 5. The van der Waals surface area contributed by atoms with Crippen molar-refractivity contribution in [2.24, 2.45) is 0 Å². The molecule has 0 radical (unpaired) electrons. The Morgan fingerprint density at radius 3 is 2.59 bits per heavy atom. The normalized spacial score (nSPS) is 10.2. The molecule has 3 aromatic rings. The van der Waals surface area contributed by atoms with E-state index in [4.69, 9.17) is 10.5 Å². The van der Waals surface area contributed by atoms with Crippen molar-refractivity contribution >= 4 is 5.78 Å². The lowest BCUT2D eigenvalue weighted by molar-refractivity contribution is 0.0970.